The number of halogens is 1. The minimum absolute atomic E-state index is 0.378. The van der Waals surface area contributed by atoms with E-state index in [4.69, 9.17) is 4.74 Å². The molecule has 0 bridgehead atoms. The molecule has 0 amide bonds. The second-order valence-electron chi connectivity index (χ2n) is 4.56. The van der Waals surface area contributed by atoms with Gasteiger partial charge in [-0.25, -0.2) is 4.79 Å². The zero-order valence-electron chi connectivity index (χ0n) is 11.8. The predicted octanol–water partition coefficient (Wildman–Crippen LogP) is 3.56. The van der Waals surface area contributed by atoms with Gasteiger partial charge >= 0.3 is 5.97 Å². The summed E-state index contributed by atoms with van der Waals surface area (Å²) in [6.45, 7) is 0. The van der Waals surface area contributed by atoms with E-state index in [0.29, 0.717) is 11.3 Å². The van der Waals surface area contributed by atoms with Gasteiger partial charge in [-0.1, -0.05) is 15.9 Å². The summed E-state index contributed by atoms with van der Waals surface area (Å²) in [6.07, 6.45) is 1.74. The molecule has 0 saturated carbocycles. The number of hydrogen-bond acceptors (Lipinski definition) is 4. The van der Waals surface area contributed by atoms with E-state index in [1.54, 1.807) is 47.6 Å². The van der Waals surface area contributed by atoms with E-state index in [9.17, 15) is 4.79 Å². The first-order valence-electron chi connectivity index (χ1n) is 6.34. The summed E-state index contributed by atoms with van der Waals surface area (Å²) in [5, 5.41) is 5.85. The molecule has 0 spiro atoms. The number of rotatable bonds is 4. The van der Waals surface area contributed by atoms with Gasteiger partial charge in [0, 0.05) is 18.6 Å². The summed E-state index contributed by atoms with van der Waals surface area (Å²) in [4.78, 5) is 12.0. The van der Waals surface area contributed by atoms with E-state index in [1.165, 1.54) is 0 Å². The van der Waals surface area contributed by atoms with Gasteiger partial charge in [0.15, 0.2) is 0 Å². The van der Waals surface area contributed by atoms with Gasteiger partial charge in [0.2, 0.25) is 0 Å². The first-order chi connectivity index (χ1) is 10.0. The molecule has 0 aliphatic rings. The average molecular weight is 347 g/mol. The van der Waals surface area contributed by atoms with Crippen molar-refractivity contribution in [2.45, 2.75) is 0 Å². The van der Waals surface area contributed by atoms with Crippen LogP contribution in [0.25, 0.3) is 0 Å². The number of carbonyl (C=O) groups is 1. The molecule has 0 radical (unpaired) electrons. The lowest BCUT2D eigenvalue weighted by atomic mass is 10.2. The summed E-state index contributed by atoms with van der Waals surface area (Å²) in [5.74, 6) is 0.127. The van der Waals surface area contributed by atoms with Crippen LogP contribution < -0.4 is 4.74 Å². The molecule has 2 aromatic rings. The normalized spacial score (nSPS) is 10.6. The molecule has 2 rings (SSSR count). The van der Waals surface area contributed by atoms with Crippen molar-refractivity contribution in [3.8, 4) is 5.75 Å². The molecular weight excluding hydrogens is 332 g/mol. The fraction of sp³-hybridized carbons (Fsp3) is 0.125. The van der Waals surface area contributed by atoms with Gasteiger partial charge in [0.25, 0.3) is 0 Å². The van der Waals surface area contributed by atoms with Gasteiger partial charge in [0.1, 0.15) is 5.75 Å². The molecule has 4 nitrogen and oxygen atoms in total. The summed E-state index contributed by atoms with van der Waals surface area (Å²) in [7, 11) is 3.70. The number of benzene rings is 2. The van der Waals surface area contributed by atoms with Crippen LogP contribution in [-0.4, -0.2) is 31.3 Å². The Morgan fingerprint density at radius 2 is 1.71 bits per heavy atom. The third-order valence-corrected chi connectivity index (χ3v) is 3.14. The Bertz CT molecular complexity index is 634. The van der Waals surface area contributed by atoms with E-state index in [2.05, 4.69) is 21.0 Å². The van der Waals surface area contributed by atoms with Crippen molar-refractivity contribution in [2.24, 2.45) is 5.10 Å². The van der Waals surface area contributed by atoms with Crippen molar-refractivity contribution >= 4 is 28.1 Å². The molecule has 0 fully saturated rings. The van der Waals surface area contributed by atoms with Gasteiger partial charge < -0.3 is 9.75 Å². The van der Waals surface area contributed by atoms with Crippen molar-refractivity contribution in [2.75, 3.05) is 14.1 Å². The van der Waals surface area contributed by atoms with E-state index in [0.717, 1.165) is 10.0 Å². The van der Waals surface area contributed by atoms with E-state index in [-0.39, 0.29) is 5.97 Å². The maximum absolute atomic E-state index is 12.0. The highest BCUT2D eigenvalue weighted by molar-refractivity contribution is 9.10. The van der Waals surface area contributed by atoms with Crippen LogP contribution in [0.1, 0.15) is 15.9 Å². The second kappa shape index (κ2) is 7.04. The smallest absolute Gasteiger partial charge is 0.343 e. The molecule has 0 aliphatic heterocycles. The molecule has 2 aromatic carbocycles. The Morgan fingerprint density at radius 1 is 1.10 bits per heavy atom. The molecule has 0 aromatic heterocycles. The molecule has 0 heterocycles. The first-order valence-corrected chi connectivity index (χ1v) is 7.13. The van der Waals surface area contributed by atoms with Gasteiger partial charge in [-0.05, 0) is 54.1 Å². The average Bonchev–Trinajstić information content (AvgIpc) is 2.47. The minimum Gasteiger partial charge on any atom is -0.423 e. The Labute approximate surface area is 132 Å². The maximum atomic E-state index is 12.0. The minimum atomic E-state index is -0.378. The van der Waals surface area contributed by atoms with Crippen LogP contribution in [0, 0.1) is 0 Å². The highest BCUT2D eigenvalue weighted by Crippen LogP contribution is 2.15. The van der Waals surface area contributed by atoms with E-state index < -0.39 is 0 Å². The van der Waals surface area contributed by atoms with Crippen LogP contribution in [0.3, 0.4) is 0 Å². The number of esters is 1. The largest absolute Gasteiger partial charge is 0.423 e. The molecule has 108 valence electrons. The van der Waals surface area contributed by atoms with Gasteiger partial charge in [-0.2, -0.15) is 5.10 Å². The summed E-state index contributed by atoms with van der Waals surface area (Å²) < 4.78 is 6.23. The number of ether oxygens (including phenoxy) is 1. The van der Waals surface area contributed by atoms with E-state index in [1.807, 2.05) is 26.2 Å². The zero-order valence-corrected chi connectivity index (χ0v) is 13.4. The number of hydrogen-bond donors (Lipinski definition) is 0. The quantitative estimate of drug-likeness (QED) is 0.368. The van der Waals surface area contributed by atoms with Crippen LogP contribution in [-0.2, 0) is 0 Å². The van der Waals surface area contributed by atoms with Crippen molar-refractivity contribution in [1.82, 2.24) is 5.01 Å². The molecule has 0 aliphatic carbocycles. The van der Waals surface area contributed by atoms with Crippen molar-refractivity contribution in [3.63, 3.8) is 0 Å². The molecule has 0 saturated heterocycles. The third kappa shape index (κ3) is 4.72. The topological polar surface area (TPSA) is 41.9 Å². The van der Waals surface area contributed by atoms with Gasteiger partial charge in [-0.15, -0.1) is 0 Å². The van der Waals surface area contributed by atoms with Crippen molar-refractivity contribution in [1.29, 1.82) is 0 Å². The van der Waals surface area contributed by atoms with Gasteiger partial charge in [0.05, 0.1) is 11.8 Å². The second-order valence-corrected chi connectivity index (χ2v) is 5.47. The van der Waals surface area contributed by atoms with Crippen LogP contribution >= 0.6 is 15.9 Å². The highest BCUT2D eigenvalue weighted by atomic mass is 79.9. The van der Waals surface area contributed by atoms with E-state index >= 15 is 0 Å². The molecule has 0 unspecified atom stereocenters. The molecule has 0 atom stereocenters. The SMILES string of the molecule is CN(C)N=Cc1ccc(OC(=O)c2ccc(Br)cc2)cc1. The van der Waals surface area contributed by atoms with Crippen LogP contribution in [0.4, 0.5) is 0 Å². The fourth-order valence-electron chi connectivity index (χ4n) is 1.56. The van der Waals surface area contributed by atoms with Crippen molar-refractivity contribution < 1.29 is 9.53 Å². The summed E-state index contributed by atoms with van der Waals surface area (Å²) >= 11 is 3.33. The fourth-order valence-corrected chi connectivity index (χ4v) is 1.82. The third-order valence-electron chi connectivity index (χ3n) is 2.61. The van der Waals surface area contributed by atoms with Crippen LogP contribution in [0.15, 0.2) is 58.1 Å². The number of nitrogens with zero attached hydrogens (tertiary/aromatic N) is 2. The Balaban J connectivity index is 2.03. The van der Waals surface area contributed by atoms with Crippen LogP contribution in [0.2, 0.25) is 0 Å². The van der Waals surface area contributed by atoms with Gasteiger partial charge in [-0.3, -0.25) is 0 Å². The first kappa shape index (κ1) is 15.3. The maximum Gasteiger partial charge on any atom is 0.343 e. The summed E-state index contributed by atoms with van der Waals surface area (Å²) in [5.41, 5.74) is 1.45. The predicted molar refractivity (Wildman–Crippen MR) is 86.8 cm³/mol. The Kier molecular flexibility index (Phi) is 5.11. The standard InChI is InChI=1S/C16H15BrN2O2/c1-19(2)18-11-12-3-9-15(10-4-12)21-16(20)13-5-7-14(17)8-6-13/h3-11H,1-2H3. The van der Waals surface area contributed by atoms with Crippen molar-refractivity contribution in [3.05, 3.63) is 64.1 Å². The summed E-state index contributed by atoms with van der Waals surface area (Å²) in [6, 6.07) is 14.2. The Morgan fingerprint density at radius 3 is 2.29 bits per heavy atom. The lowest BCUT2D eigenvalue weighted by Crippen LogP contribution is -2.08. The monoisotopic (exact) mass is 346 g/mol. The highest BCUT2D eigenvalue weighted by Gasteiger charge is 2.08. The zero-order chi connectivity index (χ0) is 15.2. The lowest BCUT2D eigenvalue weighted by molar-refractivity contribution is 0.0735. The molecular formula is C16H15BrN2O2. The molecule has 0 N–H and O–H groups in total. The molecule has 21 heavy (non-hydrogen) atoms. The lowest BCUT2D eigenvalue weighted by Gasteiger charge is -2.05. The van der Waals surface area contributed by atoms with Crippen LogP contribution in [0.5, 0.6) is 5.75 Å². The Hall–Kier alpha value is -2.14. The number of carbonyl (C=O) groups excluding carboxylic acids is 1. The number of hydrazone groups is 1. The molecule has 5 heteroatoms.